The number of carbonyl (C=O) groups excluding carboxylic acids is 3. The highest BCUT2D eigenvalue weighted by atomic mass is 16.6. The average Bonchev–Trinajstić information content (AvgIpc) is 3.42. The van der Waals surface area contributed by atoms with E-state index in [1.54, 1.807) is 0 Å². The zero-order chi connectivity index (χ0) is 55.0. The number of rotatable bonds is 53. The quantitative estimate of drug-likeness (QED) is 0.0261. The second-order valence-corrected chi connectivity index (χ2v) is 19.5. The summed E-state index contributed by atoms with van der Waals surface area (Å²) in [6.45, 7) is 6.30. The summed E-state index contributed by atoms with van der Waals surface area (Å²) in [4.78, 5) is 38.0. The Morgan fingerprint density at radius 1 is 0.276 bits per heavy atom. The van der Waals surface area contributed by atoms with Gasteiger partial charge >= 0.3 is 17.9 Å². The van der Waals surface area contributed by atoms with Crippen molar-refractivity contribution >= 4 is 17.9 Å². The van der Waals surface area contributed by atoms with E-state index < -0.39 is 12.1 Å². The van der Waals surface area contributed by atoms with Crippen LogP contribution in [0.2, 0.25) is 0 Å². The molecule has 6 heteroatoms. The van der Waals surface area contributed by atoms with Gasteiger partial charge in [0.1, 0.15) is 13.2 Å². The van der Waals surface area contributed by atoms with Crippen molar-refractivity contribution in [2.45, 2.75) is 252 Å². The summed E-state index contributed by atoms with van der Waals surface area (Å²) in [5.74, 6) is -1.02. The molecular formula is C70H110O6. The maximum atomic E-state index is 12.8. The monoisotopic (exact) mass is 1050 g/mol. The molecule has 0 fully saturated rings. The van der Waals surface area contributed by atoms with Gasteiger partial charge in [-0.15, -0.1) is 0 Å². The minimum Gasteiger partial charge on any atom is -0.462 e. The van der Waals surface area contributed by atoms with E-state index in [0.29, 0.717) is 19.3 Å². The number of carbonyl (C=O) groups is 3. The Bertz CT molecular complexity index is 1720. The van der Waals surface area contributed by atoms with Crippen molar-refractivity contribution in [2.75, 3.05) is 13.2 Å². The van der Waals surface area contributed by atoms with Crippen LogP contribution in [-0.4, -0.2) is 37.2 Å². The molecule has 0 N–H and O–H groups in total. The Hall–Kier alpha value is -4.97. The van der Waals surface area contributed by atoms with E-state index in [9.17, 15) is 14.4 Å². The molecule has 76 heavy (non-hydrogen) atoms. The highest BCUT2D eigenvalue weighted by Gasteiger charge is 2.19. The van der Waals surface area contributed by atoms with Crippen molar-refractivity contribution in [3.05, 3.63) is 158 Å². The molecule has 0 bridgehead atoms. The molecule has 0 rings (SSSR count). The predicted octanol–water partition coefficient (Wildman–Crippen LogP) is 20.9. The molecule has 0 saturated heterocycles. The molecule has 0 aromatic carbocycles. The van der Waals surface area contributed by atoms with E-state index in [2.05, 4.69) is 167 Å². The minimum absolute atomic E-state index is 0.115. The number of ether oxygens (including phenoxy) is 3. The van der Waals surface area contributed by atoms with E-state index in [1.807, 2.05) is 12.2 Å². The first-order valence-electron chi connectivity index (χ1n) is 30.5. The van der Waals surface area contributed by atoms with Gasteiger partial charge < -0.3 is 14.2 Å². The Kier molecular flexibility index (Phi) is 58.5. The third-order valence-corrected chi connectivity index (χ3v) is 12.3. The first kappa shape index (κ1) is 71.0. The smallest absolute Gasteiger partial charge is 0.306 e. The third kappa shape index (κ3) is 59.9. The summed E-state index contributed by atoms with van der Waals surface area (Å²) in [5.41, 5.74) is 0. The average molecular weight is 1050 g/mol. The normalized spacial score (nSPS) is 13.2. The lowest BCUT2D eigenvalue weighted by molar-refractivity contribution is -0.166. The SMILES string of the molecule is CC/C=C\C/C=C\C/C=C\C/C=C\C/C=C\C/C=C\C/C=C\CCCCCCCCCCCC(=O)OCC(COC(=O)CCCCCCCCCC)OC(=O)CC/C=C\C/C=C\C/C=C\C/C=C\C/C=C\C/C=C\CC. The number of hydrogen-bond acceptors (Lipinski definition) is 6. The molecule has 1 unspecified atom stereocenters. The van der Waals surface area contributed by atoms with Gasteiger partial charge in [0.2, 0.25) is 0 Å². The lowest BCUT2D eigenvalue weighted by atomic mass is 10.1. The van der Waals surface area contributed by atoms with Crippen molar-refractivity contribution in [1.29, 1.82) is 0 Å². The summed E-state index contributed by atoms with van der Waals surface area (Å²) < 4.78 is 16.7. The molecule has 0 heterocycles. The van der Waals surface area contributed by atoms with Gasteiger partial charge in [-0.3, -0.25) is 14.4 Å². The summed E-state index contributed by atoms with van der Waals surface area (Å²) in [6, 6.07) is 0. The van der Waals surface area contributed by atoms with Gasteiger partial charge in [0.05, 0.1) is 0 Å². The van der Waals surface area contributed by atoms with Gasteiger partial charge in [-0.05, 0) is 116 Å². The van der Waals surface area contributed by atoms with Crippen LogP contribution in [0.25, 0.3) is 0 Å². The summed E-state index contributed by atoms with van der Waals surface area (Å²) >= 11 is 0. The highest BCUT2D eigenvalue weighted by Crippen LogP contribution is 2.14. The van der Waals surface area contributed by atoms with Gasteiger partial charge in [0.25, 0.3) is 0 Å². The highest BCUT2D eigenvalue weighted by molar-refractivity contribution is 5.71. The van der Waals surface area contributed by atoms with E-state index in [0.717, 1.165) is 128 Å². The number of esters is 3. The zero-order valence-electron chi connectivity index (χ0n) is 48.7. The number of allylic oxidation sites excluding steroid dienone is 26. The van der Waals surface area contributed by atoms with Gasteiger partial charge in [0.15, 0.2) is 6.10 Å². The van der Waals surface area contributed by atoms with Crippen LogP contribution in [0.4, 0.5) is 0 Å². The molecule has 0 aliphatic carbocycles. The van der Waals surface area contributed by atoms with Crippen LogP contribution in [0.15, 0.2) is 158 Å². The van der Waals surface area contributed by atoms with Crippen LogP contribution in [0.3, 0.4) is 0 Å². The Morgan fingerprint density at radius 2 is 0.539 bits per heavy atom. The van der Waals surface area contributed by atoms with Gasteiger partial charge in [-0.2, -0.15) is 0 Å². The van der Waals surface area contributed by atoms with E-state index in [4.69, 9.17) is 14.2 Å². The molecule has 0 aliphatic heterocycles. The van der Waals surface area contributed by atoms with Crippen LogP contribution in [-0.2, 0) is 28.6 Å². The second kappa shape index (κ2) is 62.6. The largest absolute Gasteiger partial charge is 0.462 e. The lowest BCUT2D eigenvalue weighted by Crippen LogP contribution is -2.30. The van der Waals surface area contributed by atoms with E-state index in [-0.39, 0.29) is 31.6 Å². The second-order valence-electron chi connectivity index (χ2n) is 19.5. The van der Waals surface area contributed by atoms with Crippen molar-refractivity contribution in [3.8, 4) is 0 Å². The van der Waals surface area contributed by atoms with Gasteiger partial charge in [0, 0.05) is 19.3 Å². The fourth-order valence-corrected chi connectivity index (χ4v) is 7.80. The van der Waals surface area contributed by atoms with Crippen LogP contribution >= 0.6 is 0 Å². The third-order valence-electron chi connectivity index (χ3n) is 12.3. The Labute approximate surface area is 467 Å². The molecule has 1 atom stereocenters. The molecular weight excluding hydrogens is 937 g/mol. The topological polar surface area (TPSA) is 78.9 Å². The maximum absolute atomic E-state index is 12.8. The predicted molar refractivity (Wildman–Crippen MR) is 329 cm³/mol. The molecule has 426 valence electrons. The Balaban J connectivity index is 4.29. The number of hydrogen-bond donors (Lipinski definition) is 0. The molecule has 0 spiro atoms. The molecule has 6 nitrogen and oxygen atoms in total. The van der Waals surface area contributed by atoms with Crippen molar-refractivity contribution < 1.29 is 28.6 Å². The summed E-state index contributed by atoms with van der Waals surface area (Å²) in [5, 5.41) is 0. The van der Waals surface area contributed by atoms with Crippen molar-refractivity contribution in [2.24, 2.45) is 0 Å². The molecule has 0 aromatic heterocycles. The zero-order valence-corrected chi connectivity index (χ0v) is 48.7. The standard InChI is InChI=1S/C70H110O6/c1-4-7-10-13-16-19-21-23-25-27-29-30-31-32-33-34-35-36-37-38-39-40-42-43-45-47-49-51-54-57-60-63-69(72)75-66-67(65-74-68(71)62-59-56-53-18-15-12-9-6-3)76-70(73)64-61-58-55-52-50-48-46-44-41-28-26-24-22-20-17-14-11-8-5-2/h7-8,10-11,16-17,19-20,23-26,29-30,32-33,35-36,38-39,41,44,48,50,55,58,67H,4-6,9,12-15,18,21-22,27-28,31,34,37,40,42-43,45-47,49,51-54,56-57,59-66H2,1-3H3/b10-7-,11-8-,19-16-,20-17-,25-23-,26-24-,30-29-,33-32-,36-35-,39-38-,44-41-,50-48-,58-55-. The number of unbranched alkanes of at least 4 members (excludes halogenated alkanes) is 16. The van der Waals surface area contributed by atoms with Gasteiger partial charge in [-0.25, -0.2) is 0 Å². The van der Waals surface area contributed by atoms with Crippen molar-refractivity contribution in [1.82, 2.24) is 0 Å². The molecule has 0 aromatic rings. The minimum atomic E-state index is -0.825. The van der Waals surface area contributed by atoms with Crippen LogP contribution < -0.4 is 0 Å². The Morgan fingerprint density at radius 3 is 0.855 bits per heavy atom. The van der Waals surface area contributed by atoms with Crippen LogP contribution in [0.5, 0.6) is 0 Å². The fourth-order valence-electron chi connectivity index (χ4n) is 7.80. The molecule has 0 amide bonds. The van der Waals surface area contributed by atoms with E-state index in [1.165, 1.54) is 70.6 Å². The first-order chi connectivity index (χ1) is 37.5. The molecule has 0 radical (unpaired) electrons. The lowest BCUT2D eigenvalue weighted by Gasteiger charge is -2.18. The first-order valence-corrected chi connectivity index (χ1v) is 30.5. The molecule has 0 saturated carbocycles. The van der Waals surface area contributed by atoms with Crippen LogP contribution in [0.1, 0.15) is 245 Å². The van der Waals surface area contributed by atoms with Crippen molar-refractivity contribution in [3.63, 3.8) is 0 Å². The van der Waals surface area contributed by atoms with Crippen LogP contribution in [0, 0.1) is 0 Å². The maximum Gasteiger partial charge on any atom is 0.306 e. The summed E-state index contributed by atoms with van der Waals surface area (Å²) in [7, 11) is 0. The summed E-state index contributed by atoms with van der Waals surface area (Å²) in [6.07, 6.45) is 91.3. The fraction of sp³-hybridized carbons (Fsp3) is 0.586. The van der Waals surface area contributed by atoms with Gasteiger partial charge in [-0.1, -0.05) is 269 Å². The van der Waals surface area contributed by atoms with E-state index >= 15 is 0 Å². The molecule has 0 aliphatic rings.